The fraction of sp³-hybridized carbons (Fsp3) is 0.750. The summed E-state index contributed by atoms with van der Waals surface area (Å²) in [6, 6.07) is 0. The third-order valence-corrected chi connectivity index (χ3v) is 0.818. The van der Waals surface area contributed by atoms with Crippen molar-refractivity contribution in [2.24, 2.45) is 5.16 Å². The van der Waals surface area contributed by atoms with E-state index in [2.05, 4.69) is 9.99 Å². The number of nitrogens with zero attached hydrogens (tertiary/aromatic N) is 1. The Hall–Kier alpha value is -0.240. The van der Waals surface area contributed by atoms with E-state index in [-0.39, 0.29) is 0 Å². The zero-order valence-electron chi connectivity index (χ0n) is 4.44. The summed E-state index contributed by atoms with van der Waals surface area (Å²) in [6.07, 6.45) is 0.732. The molecule has 7 heavy (non-hydrogen) atoms. The van der Waals surface area contributed by atoms with E-state index in [0.717, 1.165) is 6.42 Å². The molecule has 0 aliphatic rings. The van der Waals surface area contributed by atoms with Crippen LogP contribution in [0.25, 0.3) is 0 Å². The third kappa shape index (κ3) is 3.59. The van der Waals surface area contributed by atoms with E-state index in [4.69, 9.17) is 11.6 Å². The van der Waals surface area contributed by atoms with Crippen LogP contribution in [0, 0.1) is 0 Å². The quantitative estimate of drug-likeness (QED) is 0.402. The molecule has 0 N–H and O–H groups in total. The van der Waals surface area contributed by atoms with Crippen molar-refractivity contribution in [3.8, 4) is 0 Å². The lowest BCUT2D eigenvalue weighted by Crippen LogP contribution is -1.82. The molecular weight excluding hydrogens is 114 g/mol. The van der Waals surface area contributed by atoms with Gasteiger partial charge in [0.25, 0.3) is 0 Å². The summed E-state index contributed by atoms with van der Waals surface area (Å²) in [6.45, 7) is 1.91. The van der Waals surface area contributed by atoms with Gasteiger partial charge < -0.3 is 4.84 Å². The van der Waals surface area contributed by atoms with Gasteiger partial charge in [-0.2, -0.15) is 0 Å². The van der Waals surface area contributed by atoms with Crippen LogP contribution in [0.4, 0.5) is 0 Å². The van der Waals surface area contributed by atoms with E-state index in [1.165, 1.54) is 7.11 Å². The van der Waals surface area contributed by atoms with E-state index in [0.29, 0.717) is 5.17 Å². The van der Waals surface area contributed by atoms with Gasteiger partial charge in [0.1, 0.15) is 12.3 Å². The second-order valence-corrected chi connectivity index (χ2v) is 1.44. The number of rotatable bonds is 2. The largest absolute Gasteiger partial charge is 0.398 e. The number of hydrogen-bond acceptors (Lipinski definition) is 2. The molecule has 0 aliphatic carbocycles. The van der Waals surface area contributed by atoms with E-state index < -0.39 is 0 Å². The maximum absolute atomic E-state index is 5.39. The van der Waals surface area contributed by atoms with Gasteiger partial charge in [0.2, 0.25) is 0 Å². The summed E-state index contributed by atoms with van der Waals surface area (Å²) in [5.74, 6) is 0. The summed E-state index contributed by atoms with van der Waals surface area (Å²) < 4.78 is 0. The van der Waals surface area contributed by atoms with Crippen molar-refractivity contribution in [2.45, 2.75) is 13.3 Å². The van der Waals surface area contributed by atoms with Crippen molar-refractivity contribution in [3.05, 3.63) is 0 Å². The van der Waals surface area contributed by atoms with Crippen LogP contribution in [0.1, 0.15) is 13.3 Å². The van der Waals surface area contributed by atoms with Gasteiger partial charge in [-0.3, -0.25) is 0 Å². The van der Waals surface area contributed by atoms with Gasteiger partial charge in [0.05, 0.1) is 0 Å². The fourth-order valence-corrected chi connectivity index (χ4v) is 0.233. The first-order valence-corrected chi connectivity index (χ1v) is 2.44. The smallest absolute Gasteiger partial charge is 0.145 e. The molecule has 0 aliphatic heterocycles. The molecular formula is C4H8ClNO. The number of hydrogen-bond donors (Lipinski definition) is 0. The molecule has 3 heteroatoms. The molecule has 0 amide bonds. The van der Waals surface area contributed by atoms with Crippen molar-refractivity contribution in [1.82, 2.24) is 0 Å². The first-order valence-electron chi connectivity index (χ1n) is 2.06. The van der Waals surface area contributed by atoms with Gasteiger partial charge >= 0.3 is 0 Å². The third-order valence-electron chi connectivity index (χ3n) is 0.482. The minimum atomic E-state index is 0.502. The first kappa shape index (κ1) is 6.76. The van der Waals surface area contributed by atoms with Crippen LogP contribution in [0.15, 0.2) is 5.16 Å². The van der Waals surface area contributed by atoms with Gasteiger partial charge in [-0.15, -0.1) is 0 Å². The Bertz CT molecular complexity index is 72.1. The maximum atomic E-state index is 5.39. The van der Waals surface area contributed by atoms with Crippen LogP contribution in [0.5, 0.6) is 0 Å². The molecule has 0 aromatic heterocycles. The maximum Gasteiger partial charge on any atom is 0.145 e. The number of halogens is 1. The van der Waals surface area contributed by atoms with Crippen LogP contribution >= 0.6 is 11.6 Å². The molecule has 0 aromatic rings. The molecule has 2 nitrogen and oxygen atoms in total. The van der Waals surface area contributed by atoms with Gasteiger partial charge in [-0.05, 0) is 0 Å². The van der Waals surface area contributed by atoms with Crippen molar-refractivity contribution in [2.75, 3.05) is 7.11 Å². The Kier molecular flexibility index (Phi) is 3.80. The van der Waals surface area contributed by atoms with Crippen LogP contribution < -0.4 is 0 Å². The first-order chi connectivity index (χ1) is 3.31. The summed E-state index contributed by atoms with van der Waals surface area (Å²) in [4.78, 5) is 4.35. The Morgan fingerprint density at radius 3 is 2.57 bits per heavy atom. The monoisotopic (exact) mass is 121 g/mol. The summed E-state index contributed by atoms with van der Waals surface area (Å²) in [5.41, 5.74) is 0. The Balaban J connectivity index is 3.29. The highest BCUT2D eigenvalue weighted by Gasteiger charge is 1.83. The molecule has 0 saturated heterocycles. The molecule has 0 heterocycles. The zero-order chi connectivity index (χ0) is 5.70. The molecule has 0 spiro atoms. The lowest BCUT2D eigenvalue weighted by molar-refractivity contribution is 0.214. The highest BCUT2D eigenvalue weighted by molar-refractivity contribution is 6.65. The fourth-order valence-electron chi connectivity index (χ4n) is 0.164. The van der Waals surface area contributed by atoms with Crippen LogP contribution in [0.3, 0.4) is 0 Å². The second-order valence-electron chi connectivity index (χ2n) is 1.00. The van der Waals surface area contributed by atoms with E-state index in [1.54, 1.807) is 0 Å². The van der Waals surface area contributed by atoms with E-state index in [1.807, 2.05) is 6.92 Å². The molecule has 0 fully saturated rings. The Labute approximate surface area is 48.1 Å². The minimum Gasteiger partial charge on any atom is -0.398 e. The Morgan fingerprint density at radius 2 is 2.43 bits per heavy atom. The number of oxime groups is 1. The average molecular weight is 122 g/mol. The van der Waals surface area contributed by atoms with Crippen LogP contribution in [-0.4, -0.2) is 12.3 Å². The van der Waals surface area contributed by atoms with Crippen molar-refractivity contribution in [1.29, 1.82) is 0 Å². The zero-order valence-corrected chi connectivity index (χ0v) is 5.20. The summed E-state index contributed by atoms with van der Waals surface area (Å²) in [7, 11) is 1.47. The molecule has 0 atom stereocenters. The van der Waals surface area contributed by atoms with Crippen molar-refractivity contribution < 1.29 is 4.84 Å². The molecule has 0 saturated carbocycles. The molecule has 0 bridgehead atoms. The second kappa shape index (κ2) is 3.93. The van der Waals surface area contributed by atoms with Crippen LogP contribution in [0.2, 0.25) is 0 Å². The van der Waals surface area contributed by atoms with Gasteiger partial charge in [-0.1, -0.05) is 23.7 Å². The molecule has 0 unspecified atom stereocenters. The SMILES string of the molecule is CC/C(Cl)=N/OC. The highest BCUT2D eigenvalue weighted by atomic mass is 35.5. The normalized spacial score (nSPS) is 11.6. The lowest BCUT2D eigenvalue weighted by Gasteiger charge is -1.86. The Morgan fingerprint density at radius 1 is 1.86 bits per heavy atom. The van der Waals surface area contributed by atoms with E-state index >= 15 is 0 Å². The molecule has 0 rings (SSSR count). The summed E-state index contributed by atoms with van der Waals surface area (Å²) in [5, 5.41) is 3.93. The van der Waals surface area contributed by atoms with E-state index in [9.17, 15) is 0 Å². The predicted octanol–water partition coefficient (Wildman–Crippen LogP) is 1.60. The van der Waals surface area contributed by atoms with Crippen molar-refractivity contribution in [3.63, 3.8) is 0 Å². The van der Waals surface area contributed by atoms with Gasteiger partial charge in [-0.25, -0.2) is 0 Å². The summed E-state index contributed by atoms with van der Waals surface area (Å²) >= 11 is 5.39. The molecule has 0 aromatic carbocycles. The topological polar surface area (TPSA) is 21.6 Å². The van der Waals surface area contributed by atoms with Crippen LogP contribution in [-0.2, 0) is 4.84 Å². The lowest BCUT2D eigenvalue weighted by atomic mass is 10.5. The van der Waals surface area contributed by atoms with Gasteiger partial charge in [0.15, 0.2) is 0 Å². The minimum absolute atomic E-state index is 0.502. The highest BCUT2D eigenvalue weighted by Crippen LogP contribution is 1.89. The average Bonchev–Trinajstić information content (AvgIpc) is 1.68. The van der Waals surface area contributed by atoms with Crippen molar-refractivity contribution >= 4 is 16.8 Å². The molecule has 42 valence electrons. The standard InChI is InChI=1S/C4H8ClNO/c1-3-4(5)6-7-2/h3H2,1-2H3/b6-4-. The predicted molar refractivity (Wildman–Crippen MR) is 30.6 cm³/mol. The molecule has 0 radical (unpaired) electrons. The van der Waals surface area contributed by atoms with Gasteiger partial charge in [0, 0.05) is 6.42 Å².